The number of carbonyl (C=O) groups excluding carboxylic acids is 1. The van der Waals surface area contributed by atoms with Crippen LogP contribution in [0, 0.1) is 11.7 Å². The Labute approximate surface area is 123 Å². The smallest absolute Gasteiger partial charge is 0.303 e. The van der Waals surface area contributed by atoms with Crippen molar-refractivity contribution in [2.24, 2.45) is 5.92 Å². The lowest BCUT2D eigenvalue weighted by atomic mass is 10.0. The Kier molecular flexibility index (Phi) is 6.14. The normalized spacial score (nSPS) is 13.3. The van der Waals surface area contributed by atoms with Gasteiger partial charge in [0, 0.05) is 18.4 Å². The molecule has 0 aliphatic rings. The predicted octanol–water partition coefficient (Wildman–Crippen LogP) is 2.51. The van der Waals surface area contributed by atoms with Crippen molar-refractivity contribution >= 4 is 11.9 Å². The summed E-state index contributed by atoms with van der Waals surface area (Å²) >= 11 is 0. The summed E-state index contributed by atoms with van der Waals surface area (Å²) in [5, 5.41) is 11.4. The molecule has 2 atom stereocenters. The number of methoxy groups -OCH3 is 1. The first-order chi connectivity index (χ1) is 9.83. The summed E-state index contributed by atoms with van der Waals surface area (Å²) in [7, 11) is 1.47. The maximum atomic E-state index is 13.3. The van der Waals surface area contributed by atoms with E-state index in [1.807, 2.05) is 0 Å². The quantitative estimate of drug-likeness (QED) is 0.811. The summed E-state index contributed by atoms with van der Waals surface area (Å²) < 4.78 is 18.4. The van der Waals surface area contributed by atoms with Gasteiger partial charge in [-0.2, -0.15) is 0 Å². The molecule has 0 aliphatic carbocycles. The van der Waals surface area contributed by atoms with Crippen LogP contribution in [0.3, 0.4) is 0 Å². The third kappa shape index (κ3) is 5.41. The summed E-state index contributed by atoms with van der Waals surface area (Å²) in [5.41, 5.74) is 0.539. The van der Waals surface area contributed by atoms with Gasteiger partial charge < -0.3 is 15.2 Å². The monoisotopic (exact) mass is 297 g/mol. The van der Waals surface area contributed by atoms with E-state index in [9.17, 15) is 14.0 Å². The highest BCUT2D eigenvalue weighted by molar-refractivity contribution is 5.77. The standard InChI is InChI=1S/C15H20FNO4/c1-9(7-15(19)20)6-14(18)17-10(2)12-8-11(16)4-5-13(12)21-3/h4-5,8-10H,6-7H2,1-3H3,(H,17,18)(H,19,20)/t9-,10+/m1/s1. The molecule has 0 bridgehead atoms. The number of nitrogens with one attached hydrogen (secondary N) is 1. The zero-order chi connectivity index (χ0) is 16.0. The Balaban J connectivity index is 2.68. The lowest BCUT2D eigenvalue weighted by molar-refractivity contribution is -0.138. The molecule has 1 aromatic carbocycles. The van der Waals surface area contributed by atoms with Gasteiger partial charge in [0.15, 0.2) is 0 Å². The fourth-order valence-corrected chi connectivity index (χ4v) is 2.11. The van der Waals surface area contributed by atoms with Gasteiger partial charge in [0.25, 0.3) is 0 Å². The predicted molar refractivity (Wildman–Crippen MR) is 75.5 cm³/mol. The van der Waals surface area contributed by atoms with Crippen LogP contribution in [0.2, 0.25) is 0 Å². The third-order valence-corrected chi connectivity index (χ3v) is 3.09. The Morgan fingerprint density at radius 2 is 2.00 bits per heavy atom. The largest absolute Gasteiger partial charge is 0.496 e. The van der Waals surface area contributed by atoms with Gasteiger partial charge in [-0.05, 0) is 31.0 Å². The van der Waals surface area contributed by atoms with Crippen LogP contribution in [0.4, 0.5) is 4.39 Å². The zero-order valence-electron chi connectivity index (χ0n) is 12.4. The Hall–Kier alpha value is -2.11. The van der Waals surface area contributed by atoms with Crippen molar-refractivity contribution in [2.75, 3.05) is 7.11 Å². The minimum Gasteiger partial charge on any atom is -0.496 e. The Morgan fingerprint density at radius 1 is 1.33 bits per heavy atom. The molecule has 0 unspecified atom stereocenters. The number of aliphatic carboxylic acids is 1. The molecule has 2 N–H and O–H groups in total. The molecule has 116 valence electrons. The van der Waals surface area contributed by atoms with Crippen LogP contribution < -0.4 is 10.1 Å². The molecule has 0 spiro atoms. The van der Waals surface area contributed by atoms with Crippen molar-refractivity contribution in [3.05, 3.63) is 29.6 Å². The second-order valence-corrected chi connectivity index (χ2v) is 5.08. The first-order valence-electron chi connectivity index (χ1n) is 6.68. The fraction of sp³-hybridized carbons (Fsp3) is 0.467. The second kappa shape index (κ2) is 7.61. The van der Waals surface area contributed by atoms with E-state index < -0.39 is 17.8 Å². The van der Waals surface area contributed by atoms with Gasteiger partial charge in [0.1, 0.15) is 11.6 Å². The van der Waals surface area contributed by atoms with Crippen LogP contribution in [-0.2, 0) is 9.59 Å². The molecule has 1 rings (SSSR count). The number of halogens is 1. The molecule has 1 aromatic rings. The molecule has 6 heteroatoms. The summed E-state index contributed by atoms with van der Waals surface area (Å²) in [6, 6.07) is 3.66. The molecule has 0 aliphatic heterocycles. The molecule has 0 radical (unpaired) electrons. The number of amides is 1. The number of carboxylic acid groups (broad SMARTS) is 1. The average Bonchev–Trinajstić information content (AvgIpc) is 2.37. The van der Waals surface area contributed by atoms with Crippen molar-refractivity contribution < 1.29 is 23.8 Å². The number of hydrogen-bond acceptors (Lipinski definition) is 3. The van der Waals surface area contributed by atoms with Gasteiger partial charge >= 0.3 is 5.97 Å². The number of benzene rings is 1. The fourth-order valence-electron chi connectivity index (χ4n) is 2.11. The highest BCUT2D eigenvalue weighted by Crippen LogP contribution is 2.26. The summed E-state index contributed by atoms with van der Waals surface area (Å²) in [6.45, 7) is 3.41. The molecular weight excluding hydrogens is 277 g/mol. The summed E-state index contributed by atoms with van der Waals surface area (Å²) in [4.78, 5) is 22.4. The van der Waals surface area contributed by atoms with Crippen LogP contribution in [0.25, 0.3) is 0 Å². The number of hydrogen-bond donors (Lipinski definition) is 2. The van der Waals surface area contributed by atoms with Crippen LogP contribution in [0.1, 0.15) is 38.3 Å². The summed E-state index contributed by atoms with van der Waals surface area (Å²) in [5.74, 6) is -1.39. The van der Waals surface area contributed by atoms with E-state index in [0.29, 0.717) is 11.3 Å². The van der Waals surface area contributed by atoms with E-state index >= 15 is 0 Å². The van der Waals surface area contributed by atoms with E-state index in [0.717, 1.165) is 0 Å². The highest BCUT2D eigenvalue weighted by atomic mass is 19.1. The van der Waals surface area contributed by atoms with E-state index in [2.05, 4.69) is 5.32 Å². The minimum atomic E-state index is -0.935. The van der Waals surface area contributed by atoms with E-state index in [1.165, 1.54) is 25.3 Å². The number of ether oxygens (including phenoxy) is 1. The van der Waals surface area contributed by atoms with Crippen molar-refractivity contribution in [3.63, 3.8) is 0 Å². The van der Waals surface area contributed by atoms with E-state index in [1.54, 1.807) is 13.8 Å². The molecule has 0 aromatic heterocycles. The minimum absolute atomic E-state index is 0.0644. The lowest BCUT2D eigenvalue weighted by Crippen LogP contribution is -2.28. The van der Waals surface area contributed by atoms with Crippen LogP contribution in [0.15, 0.2) is 18.2 Å². The number of carbonyl (C=O) groups is 2. The Bertz CT molecular complexity index is 518. The molecule has 0 heterocycles. The van der Waals surface area contributed by atoms with Gasteiger partial charge in [-0.25, -0.2) is 4.39 Å². The van der Waals surface area contributed by atoms with Gasteiger partial charge in [-0.1, -0.05) is 6.92 Å². The van der Waals surface area contributed by atoms with Crippen LogP contribution in [0.5, 0.6) is 5.75 Å². The van der Waals surface area contributed by atoms with Crippen molar-refractivity contribution in [2.45, 2.75) is 32.7 Å². The molecule has 0 fully saturated rings. The van der Waals surface area contributed by atoms with Crippen LogP contribution >= 0.6 is 0 Å². The van der Waals surface area contributed by atoms with Gasteiger partial charge in [0.05, 0.1) is 13.2 Å². The number of carboxylic acids is 1. The Morgan fingerprint density at radius 3 is 2.57 bits per heavy atom. The van der Waals surface area contributed by atoms with Gasteiger partial charge in [-0.15, -0.1) is 0 Å². The third-order valence-electron chi connectivity index (χ3n) is 3.09. The molecule has 1 amide bonds. The maximum absolute atomic E-state index is 13.3. The highest BCUT2D eigenvalue weighted by Gasteiger charge is 2.17. The SMILES string of the molecule is COc1ccc(F)cc1[C@H](C)NC(=O)C[C@@H](C)CC(=O)O. The van der Waals surface area contributed by atoms with Crippen molar-refractivity contribution in [1.82, 2.24) is 5.32 Å². The van der Waals surface area contributed by atoms with Crippen molar-refractivity contribution in [1.29, 1.82) is 0 Å². The molecular formula is C15H20FNO4. The number of rotatable bonds is 7. The van der Waals surface area contributed by atoms with Gasteiger partial charge in [-0.3, -0.25) is 9.59 Å². The molecule has 5 nitrogen and oxygen atoms in total. The average molecular weight is 297 g/mol. The van der Waals surface area contributed by atoms with E-state index in [4.69, 9.17) is 9.84 Å². The van der Waals surface area contributed by atoms with Gasteiger partial charge in [0.2, 0.25) is 5.91 Å². The van der Waals surface area contributed by atoms with Crippen molar-refractivity contribution in [3.8, 4) is 5.75 Å². The molecule has 0 saturated carbocycles. The first-order valence-corrected chi connectivity index (χ1v) is 6.68. The maximum Gasteiger partial charge on any atom is 0.303 e. The lowest BCUT2D eigenvalue weighted by Gasteiger charge is -2.18. The second-order valence-electron chi connectivity index (χ2n) is 5.08. The topological polar surface area (TPSA) is 75.6 Å². The molecule has 21 heavy (non-hydrogen) atoms. The first kappa shape index (κ1) is 16.9. The zero-order valence-corrected chi connectivity index (χ0v) is 12.4. The van der Waals surface area contributed by atoms with E-state index in [-0.39, 0.29) is 24.7 Å². The van der Waals surface area contributed by atoms with Crippen LogP contribution in [-0.4, -0.2) is 24.1 Å². The molecule has 0 saturated heterocycles. The summed E-state index contributed by atoms with van der Waals surface area (Å²) in [6.07, 6.45) is 0.0410.